The third-order valence-corrected chi connectivity index (χ3v) is 4.58. The predicted octanol–water partition coefficient (Wildman–Crippen LogP) is 2.60. The molecule has 1 saturated heterocycles. The van der Waals surface area contributed by atoms with Gasteiger partial charge in [-0.05, 0) is 55.3 Å². The Morgan fingerprint density at radius 3 is 2.47 bits per heavy atom. The molecule has 30 heavy (non-hydrogen) atoms. The molecular weight excluding hydrogens is 384 g/mol. The summed E-state index contributed by atoms with van der Waals surface area (Å²) in [6.45, 7) is 2.76. The van der Waals surface area contributed by atoms with Crippen LogP contribution in [-0.2, 0) is 14.3 Å². The molecular formula is C22H26N4O4. The van der Waals surface area contributed by atoms with Gasteiger partial charge >= 0.3 is 0 Å². The Kier molecular flexibility index (Phi) is 7.40. The summed E-state index contributed by atoms with van der Waals surface area (Å²) in [7, 11) is 0. The average Bonchev–Trinajstić information content (AvgIpc) is 3.24. The van der Waals surface area contributed by atoms with Crippen LogP contribution in [0.3, 0.4) is 0 Å². The zero-order chi connectivity index (χ0) is 21.3. The maximum absolute atomic E-state index is 12.2. The van der Waals surface area contributed by atoms with E-state index >= 15 is 0 Å². The molecule has 4 N–H and O–H groups in total. The Morgan fingerprint density at radius 1 is 1.00 bits per heavy atom. The van der Waals surface area contributed by atoms with Crippen molar-refractivity contribution in [2.45, 2.75) is 25.9 Å². The topological polar surface area (TPSA) is 109 Å². The van der Waals surface area contributed by atoms with Crippen molar-refractivity contribution in [3.63, 3.8) is 0 Å². The van der Waals surface area contributed by atoms with Crippen LogP contribution in [0.1, 0.15) is 30.1 Å². The predicted molar refractivity (Wildman–Crippen MR) is 116 cm³/mol. The number of anilines is 3. The summed E-state index contributed by atoms with van der Waals surface area (Å²) >= 11 is 0. The molecule has 0 bridgehead atoms. The van der Waals surface area contributed by atoms with E-state index in [9.17, 15) is 14.4 Å². The van der Waals surface area contributed by atoms with E-state index in [1.165, 1.54) is 6.92 Å². The molecule has 1 unspecified atom stereocenters. The Labute approximate surface area is 175 Å². The third-order valence-electron chi connectivity index (χ3n) is 4.58. The standard InChI is InChI=1S/C22H26N4O4/c1-15(27)25-19-5-2-4-18(12-19)23-14-21(28)26-17-9-7-16(8-10-17)22(29)24-13-20-6-3-11-30-20/h2,4-5,7-10,12,20,23H,3,6,11,13-14H2,1H3,(H,24,29)(H,25,27)(H,26,28). The largest absolute Gasteiger partial charge is 0.376 e. The van der Waals surface area contributed by atoms with Gasteiger partial charge in [0, 0.05) is 42.7 Å². The number of benzene rings is 2. The molecule has 1 heterocycles. The molecule has 0 aromatic heterocycles. The van der Waals surface area contributed by atoms with E-state index in [-0.39, 0.29) is 30.4 Å². The molecule has 1 atom stereocenters. The third kappa shape index (κ3) is 6.59. The Balaban J connectivity index is 1.45. The molecule has 0 spiro atoms. The van der Waals surface area contributed by atoms with Gasteiger partial charge in [-0.3, -0.25) is 14.4 Å². The number of carbonyl (C=O) groups excluding carboxylic acids is 3. The highest BCUT2D eigenvalue weighted by Gasteiger charge is 2.16. The van der Waals surface area contributed by atoms with Crippen molar-refractivity contribution < 1.29 is 19.1 Å². The lowest BCUT2D eigenvalue weighted by Crippen LogP contribution is -2.31. The minimum atomic E-state index is -0.226. The van der Waals surface area contributed by atoms with Crippen molar-refractivity contribution in [1.29, 1.82) is 0 Å². The van der Waals surface area contributed by atoms with Gasteiger partial charge in [-0.1, -0.05) is 6.07 Å². The summed E-state index contributed by atoms with van der Waals surface area (Å²) in [5.41, 5.74) is 2.50. The molecule has 3 amide bonds. The quantitative estimate of drug-likeness (QED) is 0.535. The van der Waals surface area contributed by atoms with E-state index in [0.717, 1.165) is 25.1 Å². The molecule has 0 aliphatic carbocycles. The minimum Gasteiger partial charge on any atom is -0.376 e. The molecule has 1 aliphatic rings. The number of hydrogen-bond donors (Lipinski definition) is 4. The van der Waals surface area contributed by atoms with Gasteiger partial charge in [0.1, 0.15) is 0 Å². The van der Waals surface area contributed by atoms with E-state index < -0.39 is 0 Å². The van der Waals surface area contributed by atoms with E-state index in [1.807, 2.05) is 6.07 Å². The normalized spacial score (nSPS) is 15.3. The first-order valence-corrected chi connectivity index (χ1v) is 9.91. The van der Waals surface area contributed by atoms with Gasteiger partial charge in [0.2, 0.25) is 11.8 Å². The van der Waals surface area contributed by atoms with E-state index in [2.05, 4.69) is 21.3 Å². The first kappa shape index (κ1) is 21.3. The number of carbonyl (C=O) groups is 3. The van der Waals surface area contributed by atoms with Crippen LogP contribution < -0.4 is 21.3 Å². The van der Waals surface area contributed by atoms with Crippen LogP contribution in [0.5, 0.6) is 0 Å². The molecule has 8 heteroatoms. The van der Waals surface area contributed by atoms with Gasteiger partial charge in [0.05, 0.1) is 12.6 Å². The second kappa shape index (κ2) is 10.4. The highest BCUT2D eigenvalue weighted by atomic mass is 16.5. The van der Waals surface area contributed by atoms with Crippen molar-refractivity contribution in [2.24, 2.45) is 0 Å². The Bertz CT molecular complexity index is 892. The number of hydrogen-bond acceptors (Lipinski definition) is 5. The van der Waals surface area contributed by atoms with Gasteiger partial charge in [-0.15, -0.1) is 0 Å². The SMILES string of the molecule is CC(=O)Nc1cccc(NCC(=O)Nc2ccc(C(=O)NCC3CCCO3)cc2)c1. The molecule has 8 nitrogen and oxygen atoms in total. The molecule has 1 aliphatic heterocycles. The summed E-state index contributed by atoms with van der Waals surface area (Å²) < 4.78 is 5.49. The molecule has 2 aromatic carbocycles. The summed E-state index contributed by atoms with van der Waals surface area (Å²) in [4.78, 5) is 35.5. The van der Waals surface area contributed by atoms with E-state index in [1.54, 1.807) is 42.5 Å². The maximum Gasteiger partial charge on any atom is 0.251 e. The molecule has 158 valence electrons. The van der Waals surface area contributed by atoms with E-state index in [4.69, 9.17) is 4.74 Å². The zero-order valence-electron chi connectivity index (χ0n) is 16.9. The molecule has 0 saturated carbocycles. The van der Waals surface area contributed by atoms with Crippen LogP contribution >= 0.6 is 0 Å². The van der Waals surface area contributed by atoms with Gasteiger partial charge in [0.15, 0.2) is 0 Å². The molecule has 3 rings (SSSR count). The Morgan fingerprint density at radius 2 is 1.77 bits per heavy atom. The smallest absolute Gasteiger partial charge is 0.251 e. The lowest BCUT2D eigenvalue weighted by Gasteiger charge is -2.11. The highest BCUT2D eigenvalue weighted by molar-refractivity contribution is 5.96. The fourth-order valence-electron chi connectivity index (χ4n) is 3.12. The van der Waals surface area contributed by atoms with Gasteiger partial charge in [-0.25, -0.2) is 0 Å². The lowest BCUT2D eigenvalue weighted by atomic mass is 10.2. The van der Waals surface area contributed by atoms with Crippen LogP contribution in [0.25, 0.3) is 0 Å². The number of nitrogens with one attached hydrogen (secondary N) is 4. The fraction of sp³-hybridized carbons (Fsp3) is 0.318. The fourth-order valence-corrected chi connectivity index (χ4v) is 3.12. The van der Waals surface area contributed by atoms with Crippen LogP contribution in [0, 0.1) is 0 Å². The van der Waals surface area contributed by atoms with E-state index in [0.29, 0.717) is 23.5 Å². The lowest BCUT2D eigenvalue weighted by molar-refractivity contribution is -0.115. The average molecular weight is 410 g/mol. The second-order valence-electron chi connectivity index (χ2n) is 7.09. The first-order valence-electron chi connectivity index (χ1n) is 9.91. The second-order valence-corrected chi connectivity index (χ2v) is 7.09. The summed E-state index contributed by atoms with van der Waals surface area (Å²) in [6, 6.07) is 13.8. The van der Waals surface area contributed by atoms with Crippen LogP contribution in [0.15, 0.2) is 48.5 Å². The van der Waals surface area contributed by atoms with Crippen molar-refractivity contribution >= 4 is 34.8 Å². The number of amides is 3. The van der Waals surface area contributed by atoms with Crippen molar-refractivity contribution in [1.82, 2.24) is 5.32 Å². The summed E-state index contributed by atoms with van der Waals surface area (Å²) in [6.07, 6.45) is 2.10. The van der Waals surface area contributed by atoms with Crippen LogP contribution in [0.4, 0.5) is 17.1 Å². The molecule has 1 fully saturated rings. The van der Waals surface area contributed by atoms with Crippen molar-refractivity contribution in [3.8, 4) is 0 Å². The van der Waals surface area contributed by atoms with Gasteiger partial charge in [0.25, 0.3) is 5.91 Å². The number of rotatable bonds is 8. The van der Waals surface area contributed by atoms with Crippen LogP contribution in [-0.4, -0.2) is 43.5 Å². The van der Waals surface area contributed by atoms with Crippen molar-refractivity contribution in [3.05, 3.63) is 54.1 Å². The molecule has 2 aromatic rings. The van der Waals surface area contributed by atoms with Gasteiger partial charge < -0.3 is 26.0 Å². The minimum absolute atomic E-state index is 0.0626. The van der Waals surface area contributed by atoms with Gasteiger partial charge in [-0.2, -0.15) is 0 Å². The Hall–Kier alpha value is -3.39. The highest BCUT2D eigenvalue weighted by Crippen LogP contribution is 2.15. The maximum atomic E-state index is 12.2. The number of ether oxygens (including phenoxy) is 1. The monoisotopic (exact) mass is 410 g/mol. The summed E-state index contributed by atoms with van der Waals surface area (Å²) in [5.74, 6) is -0.548. The summed E-state index contributed by atoms with van der Waals surface area (Å²) in [5, 5.41) is 11.4. The first-order chi connectivity index (χ1) is 14.5. The zero-order valence-corrected chi connectivity index (χ0v) is 16.9. The van der Waals surface area contributed by atoms with Crippen LogP contribution in [0.2, 0.25) is 0 Å². The van der Waals surface area contributed by atoms with Crippen molar-refractivity contribution in [2.75, 3.05) is 35.6 Å². The molecule has 0 radical (unpaired) electrons.